The summed E-state index contributed by atoms with van der Waals surface area (Å²) in [5, 5.41) is 9.89. The first-order chi connectivity index (χ1) is 7.77. The monoisotopic (exact) mass is 273 g/mol. The maximum atomic E-state index is 11.9. The molecule has 0 aromatic heterocycles. The number of carbonyl (C=O) groups is 1. The summed E-state index contributed by atoms with van der Waals surface area (Å²) in [6.07, 6.45) is 11.7. The first kappa shape index (κ1) is 14.9. The van der Waals surface area contributed by atoms with Gasteiger partial charge in [-0.05, 0) is 25.7 Å². The number of rotatable bonds is 3. The van der Waals surface area contributed by atoms with Gasteiger partial charge >= 0.3 is 0 Å². The Bertz CT molecular complexity index is 274. The summed E-state index contributed by atoms with van der Waals surface area (Å²) in [6.45, 7) is 0. The number of hydrogen-bond acceptors (Lipinski definition) is 2. The molecule has 2 nitrogen and oxygen atoms in total. The Kier molecular flexibility index (Phi) is 6.36. The fourth-order valence-corrected chi connectivity index (χ4v) is 2.99. The van der Waals surface area contributed by atoms with Gasteiger partial charge in [0.25, 0.3) is 0 Å². The first-order valence-corrected chi connectivity index (χ1v) is 6.72. The Balaban J connectivity index is 0.00000144. The van der Waals surface area contributed by atoms with E-state index in [4.69, 9.17) is 0 Å². The number of carbonyl (C=O) groups excluding carboxylic acids is 1. The zero-order chi connectivity index (χ0) is 11.4. The van der Waals surface area contributed by atoms with Crippen molar-refractivity contribution in [3.05, 3.63) is 11.8 Å². The minimum Gasteiger partial charge on any atom is -0.512 e. The molecular weight excluding hydrogens is 251 g/mol. The Morgan fingerprint density at radius 2 is 1.35 bits per heavy atom. The van der Waals surface area contributed by atoms with Crippen LogP contribution in [0.2, 0.25) is 0 Å². The van der Waals surface area contributed by atoms with E-state index in [1.807, 2.05) is 0 Å². The third-order valence-corrected chi connectivity index (χ3v) is 4.07. The predicted molar refractivity (Wildman–Crippen MR) is 64.3 cm³/mol. The molecule has 0 spiro atoms. The number of allylic oxidation sites excluding steroid dienone is 2. The molecule has 0 heterocycles. The molecule has 2 rings (SSSR count). The molecule has 95 valence electrons. The van der Waals surface area contributed by atoms with Crippen LogP contribution < -0.4 is 0 Å². The molecule has 17 heavy (non-hydrogen) atoms. The third-order valence-electron chi connectivity index (χ3n) is 4.07. The fraction of sp³-hybridized carbons (Fsp3) is 0.786. The van der Waals surface area contributed by atoms with Crippen molar-refractivity contribution in [2.24, 2.45) is 11.8 Å². The molecule has 2 aliphatic carbocycles. The molecule has 1 radical (unpaired) electrons. The summed E-state index contributed by atoms with van der Waals surface area (Å²) in [5.74, 6) is 0.988. The van der Waals surface area contributed by atoms with Crippen LogP contribution in [0.25, 0.3) is 0 Å². The van der Waals surface area contributed by atoms with Crippen LogP contribution in [0.5, 0.6) is 0 Å². The standard InChI is InChI=1S/C14H22O2.V/c15-13(11-6-2-1-3-7-11)10-14(16)12-8-4-5-9-12;/h10-12,16H,1-9H2;/b14-10-;. The van der Waals surface area contributed by atoms with Crippen LogP contribution >= 0.6 is 0 Å². The van der Waals surface area contributed by atoms with Gasteiger partial charge < -0.3 is 5.11 Å². The van der Waals surface area contributed by atoms with Crippen molar-refractivity contribution in [1.29, 1.82) is 0 Å². The number of aliphatic hydroxyl groups is 1. The maximum Gasteiger partial charge on any atom is 0.162 e. The second kappa shape index (κ2) is 7.28. The van der Waals surface area contributed by atoms with E-state index in [-0.39, 0.29) is 36.2 Å². The second-order valence-electron chi connectivity index (χ2n) is 5.29. The van der Waals surface area contributed by atoms with E-state index in [1.165, 1.54) is 38.2 Å². The SMILES string of the molecule is O=C(/C=C(\O)C1CCCC1)C1CCCCC1.[V]. The zero-order valence-corrected chi connectivity index (χ0v) is 11.8. The van der Waals surface area contributed by atoms with Crippen molar-refractivity contribution in [3.8, 4) is 0 Å². The van der Waals surface area contributed by atoms with E-state index in [2.05, 4.69) is 0 Å². The summed E-state index contributed by atoms with van der Waals surface area (Å²) >= 11 is 0. The normalized spacial score (nSPS) is 23.4. The predicted octanol–water partition coefficient (Wildman–Crippen LogP) is 3.77. The minimum absolute atomic E-state index is 0. The topological polar surface area (TPSA) is 37.3 Å². The van der Waals surface area contributed by atoms with Gasteiger partial charge in [-0.1, -0.05) is 32.1 Å². The fourth-order valence-electron chi connectivity index (χ4n) is 2.99. The van der Waals surface area contributed by atoms with Gasteiger partial charge in [0.05, 0.1) is 5.76 Å². The van der Waals surface area contributed by atoms with Gasteiger partial charge in [0.1, 0.15) is 0 Å². The van der Waals surface area contributed by atoms with E-state index in [9.17, 15) is 9.90 Å². The molecule has 0 aromatic carbocycles. The van der Waals surface area contributed by atoms with Crippen LogP contribution in [0.3, 0.4) is 0 Å². The van der Waals surface area contributed by atoms with Gasteiger partial charge in [0.2, 0.25) is 0 Å². The van der Waals surface area contributed by atoms with Gasteiger partial charge in [0.15, 0.2) is 5.78 Å². The van der Waals surface area contributed by atoms with Gasteiger partial charge in [0, 0.05) is 36.5 Å². The maximum absolute atomic E-state index is 11.9. The molecule has 0 atom stereocenters. The van der Waals surface area contributed by atoms with E-state index in [1.54, 1.807) is 0 Å². The van der Waals surface area contributed by atoms with Gasteiger partial charge in [-0.15, -0.1) is 0 Å². The van der Waals surface area contributed by atoms with Crippen LogP contribution in [0.1, 0.15) is 57.8 Å². The molecule has 2 fully saturated rings. The van der Waals surface area contributed by atoms with Crippen molar-refractivity contribution in [3.63, 3.8) is 0 Å². The molecule has 0 saturated heterocycles. The van der Waals surface area contributed by atoms with Crippen molar-refractivity contribution in [1.82, 2.24) is 0 Å². The average Bonchev–Trinajstić information content (AvgIpc) is 2.83. The second-order valence-corrected chi connectivity index (χ2v) is 5.29. The first-order valence-electron chi connectivity index (χ1n) is 6.72. The molecule has 0 aromatic rings. The molecule has 1 N–H and O–H groups in total. The number of hydrogen-bond donors (Lipinski definition) is 1. The van der Waals surface area contributed by atoms with Crippen molar-refractivity contribution >= 4 is 5.78 Å². The van der Waals surface area contributed by atoms with Crippen LogP contribution in [-0.2, 0) is 23.4 Å². The minimum atomic E-state index is 0. The van der Waals surface area contributed by atoms with Crippen LogP contribution in [0.15, 0.2) is 11.8 Å². The van der Waals surface area contributed by atoms with Crippen LogP contribution in [0.4, 0.5) is 0 Å². The number of ketones is 1. The molecule has 0 amide bonds. The molecule has 0 unspecified atom stereocenters. The van der Waals surface area contributed by atoms with Gasteiger partial charge in [-0.25, -0.2) is 0 Å². The summed E-state index contributed by atoms with van der Waals surface area (Å²) in [6, 6.07) is 0. The Labute approximate surface area is 116 Å². The van der Waals surface area contributed by atoms with E-state index in [0.29, 0.717) is 5.76 Å². The van der Waals surface area contributed by atoms with Gasteiger partial charge in [-0.3, -0.25) is 4.79 Å². The Morgan fingerprint density at radius 1 is 0.882 bits per heavy atom. The molecule has 2 saturated carbocycles. The quantitative estimate of drug-likeness (QED) is 0.628. The van der Waals surface area contributed by atoms with Crippen LogP contribution in [0, 0.1) is 11.8 Å². The molecule has 0 bridgehead atoms. The Hall–Kier alpha value is -0.206. The zero-order valence-electron chi connectivity index (χ0n) is 10.4. The largest absolute Gasteiger partial charge is 0.512 e. The number of aliphatic hydroxyl groups excluding tert-OH is 1. The van der Waals surface area contributed by atoms with Crippen LogP contribution in [-0.4, -0.2) is 10.9 Å². The summed E-state index contributed by atoms with van der Waals surface area (Å²) in [4.78, 5) is 11.9. The van der Waals surface area contributed by atoms with Crippen molar-refractivity contribution in [2.75, 3.05) is 0 Å². The summed E-state index contributed by atoms with van der Waals surface area (Å²) in [5.41, 5.74) is 0. The smallest absolute Gasteiger partial charge is 0.162 e. The average molecular weight is 273 g/mol. The summed E-state index contributed by atoms with van der Waals surface area (Å²) < 4.78 is 0. The molecule has 0 aliphatic heterocycles. The van der Waals surface area contributed by atoms with Gasteiger partial charge in [-0.2, -0.15) is 0 Å². The van der Waals surface area contributed by atoms with E-state index < -0.39 is 0 Å². The molecular formula is C14H22O2V. The molecule has 3 heteroatoms. The van der Waals surface area contributed by atoms with E-state index >= 15 is 0 Å². The Morgan fingerprint density at radius 3 is 1.94 bits per heavy atom. The third kappa shape index (κ3) is 4.19. The van der Waals surface area contributed by atoms with E-state index in [0.717, 1.165) is 25.7 Å². The van der Waals surface area contributed by atoms with Crippen molar-refractivity contribution in [2.45, 2.75) is 57.8 Å². The van der Waals surface area contributed by atoms with Crippen molar-refractivity contribution < 1.29 is 28.5 Å². The molecule has 2 aliphatic rings. The summed E-state index contributed by atoms with van der Waals surface area (Å²) in [7, 11) is 0.